The molecule has 0 bridgehead atoms. The standard InChI is InChI=1S/C19H11Cl2F2N3O/c1-27-12-7-13(22)17(14(23)8-12)26-16(18(20)25-19(26)21)11-6-10-4-2-3-5-15(10)24-9-11/h2-9H,1H3. The number of aromatic nitrogens is 3. The summed E-state index contributed by atoms with van der Waals surface area (Å²) in [5.74, 6) is -1.68. The number of benzene rings is 2. The first-order valence-corrected chi connectivity index (χ1v) is 8.57. The maximum Gasteiger partial charge on any atom is 0.209 e. The normalized spacial score (nSPS) is 11.1. The zero-order valence-electron chi connectivity index (χ0n) is 13.9. The second-order valence-electron chi connectivity index (χ2n) is 5.71. The predicted octanol–water partition coefficient (Wildman–Crippen LogP) is 5.68. The van der Waals surface area contributed by atoms with Crippen LogP contribution in [0.25, 0.3) is 27.8 Å². The third-order valence-electron chi connectivity index (χ3n) is 4.11. The van der Waals surface area contributed by atoms with Crippen molar-refractivity contribution in [3.8, 4) is 22.7 Å². The fourth-order valence-corrected chi connectivity index (χ4v) is 3.47. The first kappa shape index (κ1) is 17.7. The summed E-state index contributed by atoms with van der Waals surface area (Å²) in [6.07, 6.45) is 1.55. The molecule has 4 aromatic rings. The SMILES string of the molecule is COc1cc(F)c(-n2c(Cl)nc(Cl)c2-c2cnc3ccccc3c2)c(F)c1. The highest BCUT2D eigenvalue weighted by molar-refractivity contribution is 6.34. The molecular weight excluding hydrogens is 395 g/mol. The average Bonchev–Trinajstić information content (AvgIpc) is 2.94. The molecule has 8 heteroatoms. The Hall–Kier alpha value is -2.70. The van der Waals surface area contributed by atoms with Crippen LogP contribution in [0.3, 0.4) is 0 Å². The molecule has 0 aliphatic carbocycles. The van der Waals surface area contributed by atoms with Crippen LogP contribution in [0.1, 0.15) is 0 Å². The number of pyridine rings is 1. The van der Waals surface area contributed by atoms with Crippen LogP contribution in [-0.2, 0) is 0 Å². The number of ether oxygens (including phenoxy) is 1. The molecule has 0 saturated carbocycles. The van der Waals surface area contributed by atoms with Gasteiger partial charge in [0.1, 0.15) is 11.4 Å². The maximum atomic E-state index is 14.6. The average molecular weight is 406 g/mol. The van der Waals surface area contributed by atoms with Gasteiger partial charge >= 0.3 is 0 Å². The van der Waals surface area contributed by atoms with Crippen molar-refractivity contribution in [3.63, 3.8) is 0 Å². The number of hydrogen-bond donors (Lipinski definition) is 0. The topological polar surface area (TPSA) is 39.9 Å². The molecule has 2 aromatic heterocycles. The maximum absolute atomic E-state index is 14.6. The van der Waals surface area contributed by atoms with E-state index in [9.17, 15) is 8.78 Å². The minimum absolute atomic E-state index is 0.00620. The lowest BCUT2D eigenvalue weighted by Gasteiger charge is -2.13. The summed E-state index contributed by atoms with van der Waals surface area (Å²) in [7, 11) is 1.32. The van der Waals surface area contributed by atoms with Gasteiger partial charge in [-0.25, -0.2) is 13.8 Å². The summed E-state index contributed by atoms with van der Waals surface area (Å²) in [5.41, 5.74) is 1.13. The van der Waals surface area contributed by atoms with Gasteiger partial charge in [0.15, 0.2) is 16.8 Å². The monoisotopic (exact) mass is 405 g/mol. The number of hydrogen-bond acceptors (Lipinski definition) is 3. The fraction of sp³-hybridized carbons (Fsp3) is 0.0526. The summed E-state index contributed by atoms with van der Waals surface area (Å²) >= 11 is 12.4. The molecule has 27 heavy (non-hydrogen) atoms. The molecule has 136 valence electrons. The minimum Gasteiger partial charge on any atom is -0.497 e. The largest absolute Gasteiger partial charge is 0.497 e. The Bertz CT molecular complexity index is 1150. The van der Waals surface area contributed by atoms with Crippen molar-refractivity contribution < 1.29 is 13.5 Å². The van der Waals surface area contributed by atoms with Crippen LogP contribution in [0.2, 0.25) is 10.4 Å². The summed E-state index contributed by atoms with van der Waals surface area (Å²) < 4.78 is 35.3. The van der Waals surface area contributed by atoms with Gasteiger partial charge in [0.2, 0.25) is 5.28 Å². The van der Waals surface area contributed by atoms with Crippen LogP contribution in [0.15, 0.2) is 48.7 Å². The number of nitrogens with zero attached hydrogens (tertiary/aromatic N) is 3. The number of rotatable bonds is 3. The molecule has 0 fully saturated rings. The van der Waals surface area contributed by atoms with Gasteiger partial charge in [-0.3, -0.25) is 9.55 Å². The van der Waals surface area contributed by atoms with Gasteiger partial charge < -0.3 is 4.74 Å². The second-order valence-corrected chi connectivity index (χ2v) is 6.41. The third-order valence-corrected chi connectivity index (χ3v) is 4.62. The molecule has 4 nitrogen and oxygen atoms in total. The molecule has 0 aliphatic heterocycles. The number of halogens is 4. The molecule has 4 rings (SSSR count). The second kappa shape index (κ2) is 6.79. The predicted molar refractivity (Wildman–Crippen MR) is 101 cm³/mol. The van der Waals surface area contributed by atoms with Crippen molar-refractivity contribution in [1.29, 1.82) is 0 Å². The third kappa shape index (κ3) is 3.01. The smallest absolute Gasteiger partial charge is 0.209 e. The Morgan fingerprint density at radius 3 is 2.44 bits per heavy atom. The molecule has 0 radical (unpaired) electrons. The lowest BCUT2D eigenvalue weighted by Crippen LogP contribution is -2.05. The molecule has 0 spiro atoms. The van der Waals surface area contributed by atoms with E-state index in [0.717, 1.165) is 27.6 Å². The fourth-order valence-electron chi connectivity index (χ4n) is 2.89. The van der Waals surface area contributed by atoms with E-state index in [2.05, 4.69) is 9.97 Å². The molecule has 2 heterocycles. The van der Waals surface area contributed by atoms with Crippen molar-refractivity contribution in [3.05, 3.63) is 70.7 Å². The van der Waals surface area contributed by atoms with Crippen LogP contribution in [0.5, 0.6) is 5.75 Å². The van der Waals surface area contributed by atoms with Crippen molar-refractivity contribution in [1.82, 2.24) is 14.5 Å². The minimum atomic E-state index is -0.863. The molecule has 0 saturated heterocycles. The van der Waals surface area contributed by atoms with Crippen LogP contribution >= 0.6 is 23.2 Å². The Balaban J connectivity index is 1.99. The van der Waals surface area contributed by atoms with Crippen LogP contribution in [0, 0.1) is 11.6 Å². The van der Waals surface area contributed by atoms with Gasteiger partial charge in [0, 0.05) is 29.3 Å². The van der Waals surface area contributed by atoms with E-state index in [1.54, 1.807) is 12.3 Å². The zero-order valence-corrected chi connectivity index (χ0v) is 15.4. The Morgan fingerprint density at radius 1 is 1.04 bits per heavy atom. The summed E-state index contributed by atoms with van der Waals surface area (Å²) in [5, 5.41) is 0.670. The number of para-hydroxylation sites is 1. The quantitative estimate of drug-likeness (QED) is 0.440. The Labute approximate surface area is 163 Å². The van der Waals surface area contributed by atoms with Crippen LogP contribution in [-0.4, -0.2) is 21.6 Å². The van der Waals surface area contributed by atoms with Crippen molar-refractivity contribution >= 4 is 34.1 Å². The van der Waals surface area contributed by atoms with Gasteiger partial charge in [-0.15, -0.1) is 0 Å². The van der Waals surface area contributed by atoms with E-state index in [4.69, 9.17) is 27.9 Å². The van der Waals surface area contributed by atoms with Crippen molar-refractivity contribution in [2.75, 3.05) is 7.11 Å². The van der Waals surface area contributed by atoms with E-state index < -0.39 is 17.3 Å². The summed E-state index contributed by atoms with van der Waals surface area (Å²) in [4.78, 5) is 8.33. The molecule has 0 N–H and O–H groups in total. The number of methoxy groups -OCH3 is 1. The number of fused-ring (bicyclic) bond motifs is 1. The Morgan fingerprint density at radius 2 is 1.74 bits per heavy atom. The summed E-state index contributed by atoms with van der Waals surface area (Å²) in [6.45, 7) is 0. The number of imidazole rings is 1. The zero-order chi connectivity index (χ0) is 19.1. The highest BCUT2D eigenvalue weighted by atomic mass is 35.5. The highest BCUT2D eigenvalue weighted by Crippen LogP contribution is 2.37. The van der Waals surface area contributed by atoms with E-state index in [1.165, 1.54) is 7.11 Å². The van der Waals surface area contributed by atoms with Gasteiger partial charge in [-0.1, -0.05) is 29.8 Å². The van der Waals surface area contributed by atoms with Crippen molar-refractivity contribution in [2.45, 2.75) is 0 Å². The first-order valence-electron chi connectivity index (χ1n) is 7.82. The molecular formula is C19H11Cl2F2N3O. The highest BCUT2D eigenvalue weighted by Gasteiger charge is 2.24. The molecule has 2 aromatic carbocycles. The van der Waals surface area contributed by atoms with Gasteiger partial charge in [-0.05, 0) is 23.7 Å². The van der Waals surface area contributed by atoms with E-state index in [0.29, 0.717) is 5.56 Å². The van der Waals surface area contributed by atoms with Crippen LogP contribution < -0.4 is 4.74 Å². The lowest BCUT2D eigenvalue weighted by atomic mass is 10.1. The first-order chi connectivity index (χ1) is 13.0. The molecule has 0 atom stereocenters. The molecule has 0 amide bonds. The van der Waals surface area contributed by atoms with Gasteiger partial charge in [-0.2, -0.15) is 0 Å². The van der Waals surface area contributed by atoms with E-state index >= 15 is 0 Å². The molecule has 0 unspecified atom stereocenters. The lowest BCUT2D eigenvalue weighted by molar-refractivity contribution is 0.406. The van der Waals surface area contributed by atoms with Crippen molar-refractivity contribution in [2.24, 2.45) is 0 Å². The van der Waals surface area contributed by atoms with E-state index in [1.807, 2.05) is 24.3 Å². The van der Waals surface area contributed by atoms with Crippen LogP contribution in [0.4, 0.5) is 8.78 Å². The molecule has 0 aliphatic rings. The Kier molecular flexibility index (Phi) is 4.45. The van der Waals surface area contributed by atoms with E-state index in [-0.39, 0.29) is 21.9 Å². The van der Waals surface area contributed by atoms with Gasteiger partial charge in [0.25, 0.3) is 0 Å². The van der Waals surface area contributed by atoms with Gasteiger partial charge in [0.05, 0.1) is 18.3 Å². The summed E-state index contributed by atoms with van der Waals surface area (Å²) in [6, 6.07) is 11.4.